The Balaban J connectivity index is 1.52. The summed E-state index contributed by atoms with van der Waals surface area (Å²) in [4.78, 5) is 19.3. The van der Waals surface area contributed by atoms with E-state index in [1.807, 2.05) is 24.3 Å². The van der Waals surface area contributed by atoms with Gasteiger partial charge in [0.1, 0.15) is 5.69 Å². The van der Waals surface area contributed by atoms with Gasteiger partial charge >= 0.3 is 0 Å². The minimum absolute atomic E-state index is 0.0839. The lowest BCUT2D eigenvalue weighted by Crippen LogP contribution is -2.42. The van der Waals surface area contributed by atoms with E-state index in [2.05, 4.69) is 15.2 Å². The molecule has 0 radical (unpaired) electrons. The second-order valence-electron chi connectivity index (χ2n) is 6.71. The van der Waals surface area contributed by atoms with Crippen molar-refractivity contribution in [3.8, 4) is 0 Å². The Labute approximate surface area is 140 Å². The summed E-state index contributed by atoms with van der Waals surface area (Å²) in [6.07, 6.45) is 5.35. The first-order chi connectivity index (χ1) is 11.2. The summed E-state index contributed by atoms with van der Waals surface area (Å²) in [5, 5.41) is 5.79. The van der Waals surface area contributed by atoms with Crippen LogP contribution >= 0.6 is 11.6 Å². The van der Waals surface area contributed by atoms with Crippen molar-refractivity contribution in [3.05, 3.63) is 41.2 Å². The van der Waals surface area contributed by atoms with E-state index >= 15 is 0 Å². The quantitative estimate of drug-likeness (QED) is 0.920. The standard InChI is InChI=1S/C18H20ClN3O/c19-15-2-1-13-10-20-17(9-14(13)8-15)18(23)21-16-7-12-3-5-22(11-16)6-4-12/h1-2,8-10,12,16H,3-7,11H2,(H,21,23). The highest BCUT2D eigenvalue weighted by Gasteiger charge is 2.30. The number of carbonyl (C=O) groups is 1. The lowest BCUT2D eigenvalue weighted by Gasteiger charge is -2.26. The van der Waals surface area contributed by atoms with Gasteiger partial charge in [0.15, 0.2) is 0 Å². The third kappa shape index (κ3) is 3.19. The Hall–Kier alpha value is -1.65. The van der Waals surface area contributed by atoms with Gasteiger partial charge in [-0.1, -0.05) is 17.7 Å². The normalized spacial score (nSPS) is 26.9. The molecule has 5 heteroatoms. The molecule has 3 aliphatic heterocycles. The van der Waals surface area contributed by atoms with Gasteiger partial charge in [0, 0.05) is 29.2 Å². The second-order valence-corrected chi connectivity index (χ2v) is 7.15. The molecule has 3 saturated heterocycles. The molecule has 0 spiro atoms. The van der Waals surface area contributed by atoms with Gasteiger partial charge in [-0.3, -0.25) is 9.78 Å². The lowest BCUT2D eigenvalue weighted by atomic mass is 9.94. The number of hydrogen-bond donors (Lipinski definition) is 1. The molecular weight excluding hydrogens is 310 g/mol. The number of fused-ring (bicyclic) bond motifs is 5. The van der Waals surface area contributed by atoms with Crippen molar-refractivity contribution in [2.75, 3.05) is 19.6 Å². The molecule has 5 rings (SSSR count). The summed E-state index contributed by atoms with van der Waals surface area (Å²) in [6, 6.07) is 7.67. The number of aromatic nitrogens is 1. The summed E-state index contributed by atoms with van der Waals surface area (Å²) in [5.74, 6) is 0.668. The van der Waals surface area contributed by atoms with Gasteiger partial charge in [0.2, 0.25) is 0 Å². The SMILES string of the molecule is O=C(NC1CC2CCN(CC2)C1)c1cc2cc(Cl)ccc2cn1. The minimum Gasteiger partial charge on any atom is -0.347 e. The summed E-state index contributed by atoms with van der Waals surface area (Å²) < 4.78 is 0. The predicted octanol–water partition coefficient (Wildman–Crippen LogP) is 3.10. The molecule has 4 heterocycles. The van der Waals surface area contributed by atoms with Crippen LogP contribution in [0.2, 0.25) is 5.02 Å². The Morgan fingerprint density at radius 2 is 2.04 bits per heavy atom. The molecule has 1 atom stereocenters. The number of piperidine rings is 1. The third-order valence-electron chi connectivity index (χ3n) is 5.06. The summed E-state index contributed by atoms with van der Waals surface area (Å²) >= 11 is 6.04. The summed E-state index contributed by atoms with van der Waals surface area (Å²) in [6.45, 7) is 3.30. The third-order valence-corrected chi connectivity index (χ3v) is 5.29. The molecule has 3 aliphatic rings. The first-order valence-corrected chi connectivity index (χ1v) is 8.64. The van der Waals surface area contributed by atoms with Gasteiger partial charge in [0.05, 0.1) is 0 Å². The van der Waals surface area contributed by atoms with Gasteiger partial charge in [-0.25, -0.2) is 0 Å². The maximum Gasteiger partial charge on any atom is 0.270 e. The number of amides is 1. The summed E-state index contributed by atoms with van der Waals surface area (Å²) in [7, 11) is 0. The van der Waals surface area contributed by atoms with Crippen LogP contribution in [0.4, 0.5) is 0 Å². The highest BCUT2D eigenvalue weighted by Crippen LogP contribution is 2.27. The topological polar surface area (TPSA) is 45.2 Å². The van der Waals surface area contributed by atoms with Crippen molar-refractivity contribution in [2.24, 2.45) is 5.92 Å². The van der Waals surface area contributed by atoms with Crippen molar-refractivity contribution in [1.82, 2.24) is 15.2 Å². The monoisotopic (exact) mass is 329 g/mol. The van der Waals surface area contributed by atoms with Gasteiger partial charge in [-0.15, -0.1) is 0 Å². The number of halogens is 1. The molecule has 0 saturated carbocycles. The molecule has 1 aromatic carbocycles. The van der Waals surface area contributed by atoms with Gasteiger partial charge in [-0.2, -0.15) is 0 Å². The van der Waals surface area contributed by atoms with E-state index in [9.17, 15) is 4.79 Å². The van der Waals surface area contributed by atoms with Crippen molar-refractivity contribution >= 4 is 28.3 Å². The van der Waals surface area contributed by atoms with E-state index in [0.29, 0.717) is 10.7 Å². The fourth-order valence-corrected chi connectivity index (χ4v) is 3.97. The molecule has 1 N–H and O–H groups in total. The van der Waals surface area contributed by atoms with Crippen LogP contribution in [-0.2, 0) is 0 Å². The minimum atomic E-state index is -0.0839. The molecule has 4 nitrogen and oxygen atoms in total. The maximum absolute atomic E-state index is 12.6. The zero-order valence-electron chi connectivity index (χ0n) is 13.0. The maximum atomic E-state index is 12.6. The fraction of sp³-hybridized carbons (Fsp3) is 0.444. The van der Waals surface area contributed by atoms with Gasteiger partial charge in [0.25, 0.3) is 5.91 Å². The van der Waals surface area contributed by atoms with Crippen LogP contribution in [0.15, 0.2) is 30.5 Å². The van der Waals surface area contributed by atoms with Crippen LogP contribution < -0.4 is 5.32 Å². The Morgan fingerprint density at radius 3 is 2.87 bits per heavy atom. The van der Waals surface area contributed by atoms with E-state index in [0.717, 1.165) is 29.7 Å². The van der Waals surface area contributed by atoms with Crippen LogP contribution in [0, 0.1) is 5.92 Å². The lowest BCUT2D eigenvalue weighted by molar-refractivity contribution is 0.0924. The molecule has 0 aliphatic carbocycles. The van der Waals surface area contributed by atoms with Crippen molar-refractivity contribution in [3.63, 3.8) is 0 Å². The van der Waals surface area contributed by atoms with E-state index in [1.54, 1.807) is 6.20 Å². The largest absolute Gasteiger partial charge is 0.347 e. The Morgan fingerprint density at radius 1 is 1.22 bits per heavy atom. The zero-order chi connectivity index (χ0) is 15.8. The predicted molar refractivity (Wildman–Crippen MR) is 91.8 cm³/mol. The molecule has 2 bridgehead atoms. The number of nitrogens with one attached hydrogen (secondary N) is 1. The Kier molecular flexibility index (Phi) is 3.95. The molecule has 1 unspecified atom stereocenters. The first-order valence-electron chi connectivity index (χ1n) is 8.26. The number of benzene rings is 1. The molecular formula is C18H20ClN3O. The van der Waals surface area contributed by atoms with Crippen molar-refractivity contribution < 1.29 is 4.79 Å². The Bertz CT molecular complexity index is 726. The van der Waals surface area contributed by atoms with E-state index < -0.39 is 0 Å². The van der Waals surface area contributed by atoms with Crippen LogP contribution in [-0.4, -0.2) is 41.5 Å². The number of hydrogen-bond acceptors (Lipinski definition) is 3. The summed E-state index contributed by atoms with van der Waals surface area (Å²) in [5.41, 5.74) is 0.464. The molecule has 1 aromatic heterocycles. The fourth-order valence-electron chi connectivity index (χ4n) is 3.79. The average Bonchev–Trinajstić information content (AvgIpc) is 2.86. The molecule has 2 aromatic rings. The van der Waals surface area contributed by atoms with Crippen molar-refractivity contribution in [2.45, 2.75) is 25.3 Å². The number of carbonyl (C=O) groups excluding carboxylic acids is 1. The van der Waals surface area contributed by atoms with Gasteiger partial charge in [-0.05, 0) is 61.9 Å². The molecule has 1 amide bonds. The highest BCUT2D eigenvalue weighted by molar-refractivity contribution is 6.31. The van der Waals surface area contributed by atoms with E-state index in [1.165, 1.54) is 25.9 Å². The van der Waals surface area contributed by atoms with Crippen LogP contribution in [0.1, 0.15) is 29.8 Å². The highest BCUT2D eigenvalue weighted by atomic mass is 35.5. The molecule has 3 fully saturated rings. The zero-order valence-corrected chi connectivity index (χ0v) is 13.7. The number of nitrogens with zero attached hydrogens (tertiary/aromatic N) is 2. The number of rotatable bonds is 2. The second kappa shape index (κ2) is 6.10. The van der Waals surface area contributed by atoms with Gasteiger partial charge < -0.3 is 10.2 Å². The number of pyridine rings is 1. The first kappa shape index (κ1) is 14.9. The molecule has 23 heavy (non-hydrogen) atoms. The average molecular weight is 330 g/mol. The van der Waals surface area contributed by atoms with Crippen LogP contribution in [0.25, 0.3) is 10.8 Å². The van der Waals surface area contributed by atoms with Crippen LogP contribution in [0.3, 0.4) is 0 Å². The molecule has 120 valence electrons. The van der Waals surface area contributed by atoms with E-state index in [4.69, 9.17) is 11.6 Å². The van der Waals surface area contributed by atoms with Crippen molar-refractivity contribution in [1.29, 1.82) is 0 Å². The smallest absolute Gasteiger partial charge is 0.270 e. The van der Waals surface area contributed by atoms with Crippen LogP contribution in [0.5, 0.6) is 0 Å². The van der Waals surface area contributed by atoms with E-state index in [-0.39, 0.29) is 11.9 Å².